The van der Waals surface area contributed by atoms with Gasteiger partial charge < -0.3 is 10.0 Å². The number of hydrogen-bond acceptors (Lipinski definition) is 2. The zero-order valence-electron chi connectivity index (χ0n) is 9.33. The Morgan fingerprint density at radius 3 is 2.12 bits per heavy atom. The molecule has 0 fully saturated rings. The highest BCUT2D eigenvalue weighted by Gasteiger charge is 1.85. The number of nitrogens with zero attached hydrogens (tertiary/aromatic N) is 1. The number of carbonyl (C=O) groups excluding carboxylic acids is 1. The van der Waals surface area contributed by atoms with Crippen LogP contribution in [-0.2, 0) is 9.59 Å². The van der Waals surface area contributed by atoms with Gasteiger partial charge in [0.1, 0.15) is 0 Å². The fourth-order valence-electron chi connectivity index (χ4n) is 0.732. The monoisotopic (exact) mass is 221 g/mol. The third-order valence-electron chi connectivity index (χ3n) is 1.43. The molecule has 0 aromatic heterocycles. The lowest BCUT2D eigenvalue weighted by molar-refractivity contribution is -0.131. The van der Waals surface area contributed by atoms with Crippen molar-refractivity contribution in [3.05, 3.63) is 42.0 Å². The van der Waals surface area contributed by atoms with Crippen LogP contribution in [0.5, 0.6) is 0 Å². The number of aliphatic carboxylic acids is 1. The number of amides is 1. The zero-order chi connectivity index (χ0) is 12.4. The number of carbonyl (C=O) groups is 2. The second-order valence-electron chi connectivity index (χ2n) is 3.15. The fraction of sp³-hybridized carbons (Fsp3) is 0.167. The summed E-state index contributed by atoms with van der Waals surface area (Å²) in [6.45, 7) is 0. The number of benzene rings is 1. The number of rotatable bonds is 3. The van der Waals surface area contributed by atoms with Gasteiger partial charge in [-0.2, -0.15) is 0 Å². The van der Waals surface area contributed by atoms with E-state index >= 15 is 0 Å². The molecule has 86 valence electrons. The van der Waals surface area contributed by atoms with Crippen molar-refractivity contribution in [3.63, 3.8) is 0 Å². The third-order valence-corrected chi connectivity index (χ3v) is 1.43. The van der Waals surface area contributed by atoms with E-state index in [1.54, 1.807) is 20.2 Å². The minimum absolute atomic E-state index is 0.750. The summed E-state index contributed by atoms with van der Waals surface area (Å²) >= 11 is 0. The van der Waals surface area contributed by atoms with Crippen LogP contribution < -0.4 is 0 Å². The largest absolute Gasteiger partial charge is 0.478 e. The van der Waals surface area contributed by atoms with E-state index in [9.17, 15) is 9.59 Å². The molecule has 0 aliphatic heterocycles. The van der Waals surface area contributed by atoms with E-state index in [0.29, 0.717) is 0 Å². The van der Waals surface area contributed by atoms with E-state index in [2.05, 4.69) is 0 Å². The molecule has 0 atom stereocenters. The third kappa shape index (κ3) is 8.50. The highest BCUT2D eigenvalue weighted by Crippen LogP contribution is 1.99. The number of carboxylic acids is 1. The summed E-state index contributed by atoms with van der Waals surface area (Å²) in [4.78, 5) is 21.0. The van der Waals surface area contributed by atoms with Crippen molar-refractivity contribution < 1.29 is 14.7 Å². The van der Waals surface area contributed by atoms with Gasteiger partial charge in [0.25, 0.3) is 0 Å². The van der Waals surface area contributed by atoms with Gasteiger partial charge in [0.15, 0.2) is 0 Å². The van der Waals surface area contributed by atoms with Crippen LogP contribution in [0.1, 0.15) is 5.56 Å². The average molecular weight is 221 g/mol. The molecule has 16 heavy (non-hydrogen) atoms. The van der Waals surface area contributed by atoms with Crippen LogP contribution in [0.2, 0.25) is 0 Å². The average Bonchev–Trinajstić information content (AvgIpc) is 2.28. The van der Waals surface area contributed by atoms with Crippen LogP contribution in [0.4, 0.5) is 0 Å². The van der Waals surface area contributed by atoms with Crippen LogP contribution in [0, 0.1) is 0 Å². The number of hydrogen-bond donors (Lipinski definition) is 1. The van der Waals surface area contributed by atoms with Crippen molar-refractivity contribution in [2.24, 2.45) is 0 Å². The quantitative estimate of drug-likeness (QED) is 0.621. The molecule has 0 radical (unpaired) electrons. The topological polar surface area (TPSA) is 57.6 Å². The lowest BCUT2D eigenvalue weighted by Gasteiger charge is -1.93. The molecule has 4 nitrogen and oxygen atoms in total. The van der Waals surface area contributed by atoms with Gasteiger partial charge in [-0.1, -0.05) is 30.3 Å². The first-order valence-electron chi connectivity index (χ1n) is 4.64. The standard InChI is InChI=1S/C9H8O2.C3H7NO/c10-9(11)7-6-8-4-2-1-3-5-8;1-4(2)3-5/h1-7H,(H,10,11);3H,1-2H3. The summed E-state index contributed by atoms with van der Waals surface area (Å²) in [5.74, 6) is -0.922. The summed E-state index contributed by atoms with van der Waals surface area (Å²) in [6.07, 6.45) is 3.43. The van der Waals surface area contributed by atoms with Gasteiger partial charge in [-0.15, -0.1) is 0 Å². The molecule has 1 amide bonds. The maximum Gasteiger partial charge on any atom is 0.328 e. The molecule has 1 aromatic carbocycles. The lowest BCUT2D eigenvalue weighted by Crippen LogP contribution is -2.06. The van der Waals surface area contributed by atoms with Crippen molar-refractivity contribution >= 4 is 18.5 Å². The van der Waals surface area contributed by atoms with Crippen LogP contribution in [0.15, 0.2) is 36.4 Å². The van der Waals surface area contributed by atoms with Crippen LogP contribution >= 0.6 is 0 Å². The molecule has 0 aliphatic carbocycles. The van der Waals surface area contributed by atoms with Crippen LogP contribution in [0.3, 0.4) is 0 Å². The first-order chi connectivity index (χ1) is 7.56. The van der Waals surface area contributed by atoms with Crippen molar-refractivity contribution in [2.45, 2.75) is 0 Å². The van der Waals surface area contributed by atoms with Gasteiger partial charge in [-0.05, 0) is 11.6 Å². The predicted octanol–water partition coefficient (Wildman–Crippen LogP) is 1.49. The molecule has 0 saturated carbocycles. The van der Waals surface area contributed by atoms with Crippen molar-refractivity contribution in [1.82, 2.24) is 4.90 Å². The van der Waals surface area contributed by atoms with E-state index in [1.165, 1.54) is 4.90 Å². The van der Waals surface area contributed by atoms with Gasteiger partial charge in [0, 0.05) is 20.2 Å². The number of carboxylic acid groups (broad SMARTS) is 1. The Morgan fingerprint density at radius 2 is 1.75 bits per heavy atom. The van der Waals surface area contributed by atoms with Gasteiger partial charge in [-0.3, -0.25) is 4.79 Å². The molecule has 0 saturated heterocycles. The Balaban J connectivity index is 0.000000385. The molecular formula is C12H15NO3. The molecular weight excluding hydrogens is 206 g/mol. The molecule has 4 heteroatoms. The Kier molecular flexibility index (Phi) is 7.15. The first kappa shape index (κ1) is 13.9. The first-order valence-corrected chi connectivity index (χ1v) is 4.64. The molecule has 1 rings (SSSR count). The van der Waals surface area contributed by atoms with Crippen molar-refractivity contribution in [1.29, 1.82) is 0 Å². The van der Waals surface area contributed by atoms with E-state index in [-0.39, 0.29) is 0 Å². The SMILES string of the molecule is CN(C)C=O.O=C(O)C=Cc1ccccc1. The highest BCUT2D eigenvalue weighted by molar-refractivity contribution is 5.85. The maximum absolute atomic E-state index is 10.1. The van der Waals surface area contributed by atoms with E-state index < -0.39 is 5.97 Å². The Morgan fingerprint density at radius 1 is 1.25 bits per heavy atom. The minimum atomic E-state index is -0.922. The normalized spacial score (nSPS) is 9.12. The second kappa shape index (κ2) is 8.23. The molecule has 1 N–H and O–H groups in total. The zero-order valence-corrected chi connectivity index (χ0v) is 9.33. The summed E-state index contributed by atoms with van der Waals surface area (Å²) in [5.41, 5.74) is 0.898. The summed E-state index contributed by atoms with van der Waals surface area (Å²) in [6, 6.07) is 9.31. The van der Waals surface area contributed by atoms with E-state index in [1.807, 2.05) is 30.3 Å². The lowest BCUT2D eigenvalue weighted by atomic mass is 10.2. The smallest absolute Gasteiger partial charge is 0.328 e. The summed E-state index contributed by atoms with van der Waals surface area (Å²) in [5, 5.41) is 8.29. The van der Waals surface area contributed by atoms with E-state index in [0.717, 1.165) is 18.0 Å². The predicted molar refractivity (Wildman–Crippen MR) is 62.9 cm³/mol. The highest BCUT2D eigenvalue weighted by atomic mass is 16.4. The van der Waals surface area contributed by atoms with Crippen molar-refractivity contribution in [2.75, 3.05) is 14.1 Å². The van der Waals surface area contributed by atoms with Crippen molar-refractivity contribution in [3.8, 4) is 0 Å². The second-order valence-corrected chi connectivity index (χ2v) is 3.15. The fourth-order valence-corrected chi connectivity index (χ4v) is 0.732. The summed E-state index contributed by atoms with van der Waals surface area (Å²) < 4.78 is 0. The summed E-state index contributed by atoms with van der Waals surface area (Å²) in [7, 11) is 3.38. The maximum atomic E-state index is 10.1. The van der Waals surface area contributed by atoms with Crippen LogP contribution in [-0.4, -0.2) is 36.5 Å². The Hall–Kier alpha value is -2.10. The van der Waals surface area contributed by atoms with Gasteiger partial charge >= 0.3 is 5.97 Å². The molecule has 0 bridgehead atoms. The minimum Gasteiger partial charge on any atom is -0.478 e. The van der Waals surface area contributed by atoms with Crippen LogP contribution in [0.25, 0.3) is 6.08 Å². The molecule has 0 heterocycles. The van der Waals surface area contributed by atoms with Gasteiger partial charge in [-0.25, -0.2) is 4.79 Å². The molecule has 1 aromatic rings. The Bertz CT molecular complexity index is 345. The van der Waals surface area contributed by atoms with Gasteiger partial charge in [0.2, 0.25) is 6.41 Å². The molecule has 0 aliphatic rings. The molecule has 0 spiro atoms. The van der Waals surface area contributed by atoms with E-state index in [4.69, 9.17) is 5.11 Å². The Labute approximate surface area is 94.8 Å². The molecule has 0 unspecified atom stereocenters. The van der Waals surface area contributed by atoms with Gasteiger partial charge in [0.05, 0.1) is 0 Å².